The van der Waals surface area contributed by atoms with Crippen LogP contribution < -0.4 is 11.1 Å². The van der Waals surface area contributed by atoms with Crippen LogP contribution in [0, 0.1) is 6.92 Å². The van der Waals surface area contributed by atoms with Crippen molar-refractivity contribution in [2.75, 3.05) is 17.7 Å². The fraction of sp³-hybridized carbons (Fsp3) is 0.286. The number of hydrogen-bond acceptors (Lipinski definition) is 6. The number of ether oxygens (including phenoxy) is 1. The summed E-state index contributed by atoms with van der Waals surface area (Å²) in [5.74, 6) is -0.400. The minimum atomic E-state index is -0.400. The fourth-order valence-electron chi connectivity index (χ4n) is 1.73. The molecule has 0 spiro atoms. The summed E-state index contributed by atoms with van der Waals surface area (Å²) in [4.78, 5) is 17.1. The van der Waals surface area contributed by atoms with Crippen LogP contribution in [0.4, 0.5) is 11.4 Å². The minimum Gasteiger partial charge on any atom is -0.462 e. The summed E-state index contributed by atoms with van der Waals surface area (Å²) in [5, 5.41) is 3.26. The molecule has 2 rings (SSSR count). The summed E-state index contributed by atoms with van der Waals surface area (Å²) in [6.45, 7) is 4.74. The largest absolute Gasteiger partial charge is 0.462 e. The van der Waals surface area contributed by atoms with Crippen LogP contribution in [0.5, 0.6) is 0 Å². The van der Waals surface area contributed by atoms with Gasteiger partial charge < -0.3 is 15.8 Å². The topological polar surface area (TPSA) is 77.2 Å². The van der Waals surface area contributed by atoms with Crippen molar-refractivity contribution in [2.45, 2.75) is 20.4 Å². The number of esters is 1. The second-order valence-electron chi connectivity index (χ2n) is 4.24. The van der Waals surface area contributed by atoms with Gasteiger partial charge in [-0.1, -0.05) is 0 Å². The number of nitrogens with zero attached hydrogens (tertiary/aromatic N) is 1. The van der Waals surface area contributed by atoms with E-state index in [0.717, 1.165) is 11.4 Å². The average Bonchev–Trinajstić information content (AvgIpc) is 2.83. The van der Waals surface area contributed by atoms with Gasteiger partial charge in [-0.25, -0.2) is 9.78 Å². The number of carbonyl (C=O) groups is 1. The van der Waals surface area contributed by atoms with E-state index in [9.17, 15) is 4.79 Å². The van der Waals surface area contributed by atoms with Crippen molar-refractivity contribution < 1.29 is 9.53 Å². The summed E-state index contributed by atoms with van der Waals surface area (Å²) in [6.07, 6.45) is 0. The lowest BCUT2D eigenvalue weighted by Gasteiger charge is -2.10. The molecule has 5 nitrogen and oxygen atoms in total. The molecule has 20 heavy (non-hydrogen) atoms. The van der Waals surface area contributed by atoms with Crippen molar-refractivity contribution in [1.29, 1.82) is 0 Å². The zero-order valence-electron chi connectivity index (χ0n) is 11.5. The van der Waals surface area contributed by atoms with Crippen molar-refractivity contribution in [2.24, 2.45) is 0 Å². The van der Waals surface area contributed by atoms with Crippen LogP contribution in [-0.4, -0.2) is 17.6 Å². The minimum absolute atomic E-state index is 0.329. The van der Waals surface area contributed by atoms with Crippen LogP contribution in [0.25, 0.3) is 0 Å². The highest BCUT2D eigenvalue weighted by Gasteiger charge is 2.11. The third kappa shape index (κ3) is 3.27. The number of nitrogens with two attached hydrogens (primary N) is 1. The van der Waals surface area contributed by atoms with Crippen molar-refractivity contribution in [3.05, 3.63) is 39.8 Å². The number of aromatic nitrogens is 1. The number of aryl methyl sites for hydroxylation is 1. The molecule has 0 aliphatic carbocycles. The molecule has 0 atom stereocenters. The molecule has 2 aromatic rings. The van der Waals surface area contributed by atoms with Gasteiger partial charge in [-0.15, -0.1) is 11.3 Å². The van der Waals surface area contributed by atoms with Crippen molar-refractivity contribution in [3.8, 4) is 0 Å². The molecule has 1 heterocycles. The van der Waals surface area contributed by atoms with Gasteiger partial charge in [0.05, 0.1) is 29.9 Å². The van der Waals surface area contributed by atoms with E-state index in [-0.39, 0.29) is 0 Å². The van der Waals surface area contributed by atoms with Gasteiger partial charge in [0.15, 0.2) is 0 Å². The smallest absolute Gasteiger partial charge is 0.340 e. The van der Waals surface area contributed by atoms with E-state index in [4.69, 9.17) is 10.5 Å². The molecule has 1 aromatic carbocycles. The highest BCUT2D eigenvalue weighted by molar-refractivity contribution is 7.09. The lowest BCUT2D eigenvalue weighted by atomic mass is 10.1. The van der Waals surface area contributed by atoms with E-state index in [0.29, 0.717) is 24.4 Å². The first-order valence-corrected chi connectivity index (χ1v) is 7.19. The lowest BCUT2D eigenvalue weighted by molar-refractivity contribution is 0.0527. The van der Waals surface area contributed by atoms with Crippen LogP contribution in [0.3, 0.4) is 0 Å². The Labute approximate surface area is 121 Å². The molecule has 3 N–H and O–H groups in total. The normalized spacial score (nSPS) is 10.3. The molecule has 0 unspecified atom stereocenters. The highest BCUT2D eigenvalue weighted by atomic mass is 32.1. The van der Waals surface area contributed by atoms with Crippen molar-refractivity contribution in [1.82, 2.24) is 4.98 Å². The maximum atomic E-state index is 11.8. The molecule has 6 heteroatoms. The van der Waals surface area contributed by atoms with E-state index in [1.807, 2.05) is 18.5 Å². The van der Waals surface area contributed by atoms with Gasteiger partial charge in [-0.05, 0) is 32.0 Å². The van der Waals surface area contributed by atoms with Gasteiger partial charge in [0.1, 0.15) is 0 Å². The third-order valence-corrected chi connectivity index (χ3v) is 3.78. The van der Waals surface area contributed by atoms with E-state index >= 15 is 0 Å². The Balaban J connectivity index is 2.11. The molecule has 0 saturated carbocycles. The number of nitrogen functional groups attached to an aromatic ring is 1. The Hall–Kier alpha value is -2.08. The maximum absolute atomic E-state index is 11.8. The Morgan fingerprint density at radius 3 is 2.95 bits per heavy atom. The monoisotopic (exact) mass is 291 g/mol. The van der Waals surface area contributed by atoms with Gasteiger partial charge in [-0.3, -0.25) is 0 Å². The highest BCUT2D eigenvalue weighted by Crippen LogP contribution is 2.20. The third-order valence-electron chi connectivity index (χ3n) is 2.85. The summed E-state index contributed by atoms with van der Waals surface area (Å²) >= 11 is 1.60. The number of anilines is 2. The molecule has 0 amide bonds. The van der Waals surface area contributed by atoms with Gasteiger partial charge in [0, 0.05) is 16.3 Å². The fourth-order valence-corrected chi connectivity index (χ4v) is 2.45. The first-order chi connectivity index (χ1) is 9.61. The van der Waals surface area contributed by atoms with Crippen LogP contribution in [-0.2, 0) is 11.3 Å². The summed E-state index contributed by atoms with van der Waals surface area (Å²) in [5.41, 5.74) is 10.3. The Kier molecular flexibility index (Phi) is 4.57. The first-order valence-electron chi connectivity index (χ1n) is 6.31. The second kappa shape index (κ2) is 6.38. The van der Waals surface area contributed by atoms with Crippen LogP contribution >= 0.6 is 11.3 Å². The van der Waals surface area contributed by atoms with Gasteiger partial charge in [0.2, 0.25) is 0 Å². The average molecular weight is 291 g/mol. The van der Waals surface area contributed by atoms with E-state index in [2.05, 4.69) is 10.3 Å². The van der Waals surface area contributed by atoms with E-state index in [1.165, 1.54) is 4.88 Å². The number of carbonyl (C=O) groups excluding carboxylic acids is 1. The second-order valence-corrected chi connectivity index (χ2v) is 5.18. The summed E-state index contributed by atoms with van der Waals surface area (Å²) in [7, 11) is 0. The van der Waals surface area contributed by atoms with Gasteiger partial charge in [-0.2, -0.15) is 0 Å². The molecular weight excluding hydrogens is 274 g/mol. The number of nitrogens with one attached hydrogen (secondary N) is 1. The molecule has 0 fully saturated rings. The predicted octanol–water partition coefficient (Wildman–Crippen LogP) is 2.82. The maximum Gasteiger partial charge on any atom is 0.340 e. The molecule has 0 aliphatic rings. The quantitative estimate of drug-likeness (QED) is 0.654. The molecule has 0 saturated heterocycles. The summed E-state index contributed by atoms with van der Waals surface area (Å²) in [6, 6.07) is 5.26. The zero-order chi connectivity index (χ0) is 14.5. The number of rotatable bonds is 5. The Morgan fingerprint density at radius 1 is 1.50 bits per heavy atom. The predicted molar refractivity (Wildman–Crippen MR) is 81.0 cm³/mol. The molecule has 1 aromatic heterocycles. The lowest BCUT2D eigenvalue weighted by Crippen LogP contribution is -2.09. The van der Waals surface area contributed by atoms with Gasteiger partial charge >= 0.3 is 5.97 Å². The van der Waals surface area contributed by atoms with Crippen LogP contribution in [0.1, 0.15) is 27.9 Å². The van der Waals surface area contributed by atoms with Crippen molar-refractivity contribution in [3.63, 3.8) is 0 Å². The molecular formula is C14H17N3O2S. The number of thiazole rings is 1. The SMILES string of the molecule is CCOC(=O)c1cc(NCc2scnc2C)ccc1N. The number of hydrogen-bond donors (Lipinski definition) is 2. The first kappa shape index (κ1) is 14.3. The molecule has 106 valence electrons. The summed E-state index contributed by atoms with van der Waals surface area (Å²) < 4.78 is 4.98. The van der Waals surface area contributed by atoms with Gasteiger partial charge in [0.25, 0.3) is 0 Å². The Morgan fingerprint density at radius 2 is 2.30 bits per heavy atom. The molecule has 0 radical (unpaired) electrons. The van der Waals surface area contributed by atoms with Crippen LogP contribution in [0.2, 0.25) is 0 Å². The molecule has 0 bridgehead atoms. The van der Waals surface area contributed by atoms with E-state index in [1.54, 1.807) is 30.4 Å². The Bertz CT molecular complexity index is 610. The standard InChI is InChI=1S/C14H17N3O2S/c1-3-19-14(18)11-6-10(4-5-12(11)15)16-7-13-9(2)17-8-20-13/h4-6,8,16H,3,7,15H2,1-2H3. The number of benzene rings is 1. The van der Waals surface area contributed by atoms with Crippen molar-refractivity contribution >= 4 is 28.7 Å². The van der Waals surface area contributed by atoms with Crippen LogP contribution in [0.15, 0.2) is 23.7 Å². The zero-order valence-corrected chi connectivity index (χ0v) is 12.3. The van der Waals surface area contributed by atoms with E-state index < -0.39 is 5.97 Å². The molecule has 0 aliphatic heterocycles.